The standard InChI is InChI=1S/C35H38N4O5/c1-22(2)25-10-13-28(14-11-25)36-33(40)20-39-30-18-26(34(41)37-27-7-5-4-6-8-27)12-15-29(30)23(3)38(35(39)42)19-24-9-16-31-32(17-24)44-21-43-31/h9-18,22,27H,3-8,19-21H2,1-2H3,(H,36,40)(H,37,41). The molecule has 2 aliphatic heterocycles. The third-order valence-electron chi connectivity index (χ3n) is 8.53. The molecule has 0 unspecified atom stereocenters. The Morgan fingerprint density at radius 3 is 2.43 bits per heavy atom. The number of hydrogen-bond donors (Lipinski definition) is 2. The summed E-state index contributed by atoms with van der Waals surface area (Å²) in [6, 6.07) is 18.2. The molecule has 228 valence electrons. The van der Waals surface area contributed by atoms with Crippen LogP contribution in [0.15, 0.2) is 67.2 Å². The first kappa shape index (κ1) is 29.3. The van der Waals surface area contributed by atoms with E-state index < -0.39 is 6.03 Å². The maximum Gasteiger partial charge on any atom is 0.329 e. The van der Waals surface area contributed by atoms with Gasteiger partial charge in [0.15, 0.2) is 11.5 Å². The van der Waals surface area contributed by atoms with Crippen molar-refractivity contribution < 1.29 is 23.9 Å². The SMILES string of the molecule is C=C1c2ccc(C(=O)NC3CCCCC3)cc2N(CC(=O)Nc2ccc(C(C)C)cc2)C(=O)N1Cc1ccc2c(c1)OCO2. The van der Waals surface area contributed by atoms with E-state index in [1.165, 1.54) is 16.9 Å². The third-order valence-corrected chi connectivity index (χ3v) is 8.53. The van der Waals surface area contributed by atoms with E-state index in [1.54, 1.807) is 17.0 Å². The van der Waals surface area contributed by atoms with Gasteiger partial charge in [0.05, 0.1) is 12.2 Å². The van der Waals surface area contributed by atoms with E-state index in [-0.39, 0.29) is 37.7 Å². The largest absolute Gasteiger partial charge is 0.454 e. The van der Waals surface area contributed by atoms with Crippen molar-refractivity contribution in [2.24, 2.45) is 0 Å². The Balaban J connectivity index is 1.28. The van der Waals surface area contributed by atoms with Crippen LogP contribution in [0.1, 0.15) is 78.9 Å². The number of fused-ring (bicyclic) bond motifs is 2. The number of nitrogens with one attached hydrogen (secondary N) is 2. The summed E-state index contributed by atoms with van der Waals surface area (Å²) in [6.07, 6.45) is 5.32. The summed E-state index contributed by atoms with van der Waals surface area (Å²) in [5.41, 5.74) is 4.71. The van der Waals surface area contributed by atoms with Gasteiger partial charge in [-0.25, -0.2) is 4.79 Å². The number of rotatable bonds is 8. The van der Waals surface area contributed by atoms with E-state index in [2.05, 4.69) is 31.1 Å². The van der Waals surface area contributed by atoms with Crippen molar-refractivity contribution in [3.05, 3.63) is 89.5 Å². The maximum atomic E-state index is 14.1. The number of urea groups is 1. The predicted octanol–water partition coefficient (Wildman–Crippen LogP) is 6.65. The zero-order valence-corrected chi connectivity index (χ0v) is 25.2. The molecule has 44 heavy (non-hydrogen) atoms. The summed E-state index contributed by atoms with van der Waals surface area (Å²) in [7, 11) is 0. The number of carbonyl (C=O) groups excluding carboxylic acids is 3. The first-order chi connectivity index (χ1) is 21.3. The zero-order valence-electron chi connectivity index (χ0n) is 25.2. The molecule has 0 saturated heterocycles. The lowest BCUT2D eigenvalue weighted by molar-refractivity contribution is -0.114. The van der Waals surface area contributed by atoms with Crippen molar-refractivity contribution in [1.82, 2.24) is 10.2 Å². The van der Waals surface area contributed by atoms with Gasteiger partial charge in [-0.05, 0) is 66.3 Å². The Hall–Kier alpha value is -4.79. The fourth-order valence-corrected chi connectivity index (χ4v) is 6.00. The number of carbonyl (C=O) groups is 3. The Morgan fingerprint density at radius 1 is 0.932 bits per heavy atom. The molecule has 3 aliphatic rings. The van der Waals surface area contributed by atoms with Crippen molar-refractivity contribution in [1.29, 1.82) is 0 Å². The van der Waals surface area contributed by atoms with Crippen LogP contribution in [0.25, 0.3) is 5.70 Å². The van der Waals surface area contributed by atoms with Crippen LogP contribution < -0.4 is 25.0 Å². The lowest BCUT2D eigenvalue weighted by Crippen LogP contribution is -2.49. The van der Waals surface area contributed by atoms with E-state index in [0.29, 0.717) is 45.6 Å². The second-order valence-corrected chi connectivity index (χ2v) is 12.0. The summed E-state index contributed by atoms with van der Waals surface area (Å²) in [5.74, 6) is 1.10. The molecule has 3 aromatic rings. The minimum absolute atomic E-state index is 0.144. The van der Waals surface area contributed by atoms with Crippen LogP contribution in [0.5, 0.6) is 11.5 Å². The Bertz CT molecular complexity index is 1590. The van der Waals surface area contributed by atoms with Gasteiger partial charge in [-0.3, -0.25) is 19.4 Å². The third kappa shape index (κ3) is 6.13. The second kappa shape index (κ2) is 12.4. The first-order valence-electron chi connectivity index (χ1n) is 15.3. The molecule has 0 radical (unpaired) electrons. The normalized spacial score (nSPS) is 16.2. The molecule has 3 aromatic carbocycles. The average molecular weight is 595 g/mol. The highest BCUT2D eigenvalue weighted by molar-refractivity contribution is 6.10. The summed E-state index contributed by atoms with van der Waals surface area (Å²) in [5, 5.41) is 6.07. The van der Waals surface area contributed by atoms with Crippen molar-refractivity contribution in [2.45, 2.75) is 64.5 Å². The van der Waals surface area contributed by atoms with Crippen LogP contribution in [-0.2, 0) is 11.3 Å². The number of ether oxygens (including phenoxy) is 2. The molecule has 1 fully saturated rings. The quantitative estimate of drug-likeness (QED) is 0.304. The number of benzene rings is 3. The summed E-state index contributed by atoms with van der Waals surface area (Å²) in [4.78, 5) is 43.7. The molecule has 9 heteroatoms. The molecule has 0 aromatic heterocycles. The monoisotopic (exact) mass is 594 g/mol. The minimum Gasteiger partial charge on any atom is -0.454 e. The van der Waals surface area contributed by atoms with Gasteiger partial charge >= 0.3 is 6.03 Å². The Labute approximate surface area is 257 Å². The fourth-order valence-electron chi connectivity index (χ4n) is 6.00. The molecule has 1 aliphatic carbocycles. The summed E-state index contributed by atoms with van der Waals surface area (Å²) >= 11 is 0. The molecular formula is C35H38N4O5. The number of amides is 4. The van der Waals surface area contributed by atoms with E-state index in [0.717, 1.165) is 31.2 Å². The molecule has 9 nitrogen and oxygen atoms in total. The molecule has 0 spiro atoms. The summed E-state index contributed by atoms with van der Waals surface area (Å²) < 4.78 is 11.0. The molecular weight excluding hydrogens is 556 g/mol. The number of anilines is 2. The van der Waals surface area contributed by atoms with E-state index >= 15 is 0 Å². The van der Waals surface area contributed by atoms with Gasteiger partial charge in [0.1, 0.15) is 6.54 Å². The van der Waals surface area contributed by atoms with Gasteiger partial charge in [-0.1, -0.05) is 64.0 Å². The smallest absolute Gasteiger partial charge is 0.329 e. The number of nitrogens with zero attached hydrogens (tertiary/aromatic N) is 2. The van der Waals surface area contributed by atoms with Gasteiger partial charge in [-0.15, -0.1) is 0 Å². The number of hydrogen-bond acceptors (Lipinski definition) is 5. The van der Waals surface area contributed by atoms with E-state index in [9.17, 15) is 14.4 Å². The van der Waals surface area contributed by atoms with Gasteiger partial charge < -0.3 is 20.1 Å². The zero-order chi connectivity index (χ0) is 30.8. The van der Waals surface area contributed by atoms with Crippen molar-refractivity contribution in [3.63, 3.8) is 0 Å². The predicted molar refractivity (Wildman–Crippen MR) is 170 cm³/mol. The Kier molecular flexibility index (Phi) is 8.28. The lowest BCUT2D eigenvalue weighted by Gasteiger charge is -2.38. The molecule has 1 saturated carbocycles. The van der Waals surface area contributed by atoms with Crippen LogP contribution in [-0.4, -0.2) is 42.1 Å². The van der Waals surface area contributed by atoms with Crippen LogP contribution in [0, 0.1) is 0 Å². The van der Waals surface area contributed by atoms with E-state index in [1.807, 2.05) is 48.5 Å². The van der Waals surface area contributed by atoms with Gasteiger partial charge in [0, 0.05) is 28.6 Å². The molecule has 0 bridgehead atoms. The van der Waals surface area contributed by atoms with Crippen LogP contribution >= 0.6 is 0 Å². The highest BCUT2D eigenvalue weighted by atomic mass is 16.7. The molecule has 2 N–H and O–H groups in total. The van der Waals surface area contributed by atoms with Gasteiger partial charge in [0.2, 0.25) is 12.7 Å². The topological polar surface area (TPSA) is 100 Å². The highest BCUT2D eigenvalue weighted by Gasteiger charge is 2.35. The molecule has 4 amide bonds. The fraction of sp³-hybridized carbons (Fsp3) is 0.343. The van der Waals surface area contributed by atoms with Crippen molar-refractivity contribution in [3.8, 4) is 11.5 Å². The molecule has 6 rings (SSSR count). The molecule has 2 heterocycles. The van der Waals surface area contributed by atoms with Crippen molar-refractivity contribution >= 4 is 34.9 Å². The average Bonchev–Trinajstić information content (AvgIpc) is 3.50. The van der Waals surface area contributed by atoms with Gasteiger partial charge in [-0.2, -0.15) is 0 Å². The Morgan fingerprint density at radius 2 is 1.68 bits per heavy atom. The first-order valence-corrected chi connectivity index (χ1v) is 15.3. The minimum atomic E-state index is -0.407. The van der Waals surface area contributed by atoms with Crippen molar-refractivity contribution in [2.75, 3.05) is 23.6 Å². The highest BCUT2D eigenvalue weighted by Crippen LogP contribution is 2.38. The van der Waals surface area contributed by atoms with Crippen LogP contribution in [0.4, 0.5) is 16.2 Å². The summed E-state index contributed by atoms with van der Waals surface area (Å²) in [6.45, 7) is 8.60. The van der Waals surface area contributed by atoms with E-state index in [4.69, 9.17) is 9.47 Å². The van der Waals surface area contributed by atoms with Gasteiger partial charge in [0.25, 0.3) is 5.91 Å². The van der Waals surface area contributed by atoms with Crippen LogP contribution in [0.3, 0.4) is 0 Å². The molecule has 0 atom stereocenters. The lowest BCUT2D eigenvalue weighted by atomic mass is 9.95. The maximum absolute atomic E-state index is 14.1. The second-order valence-electron chi connectivity index (χ2n) is 12.0. The van der Waals surface area contributed by atoms with Crippen LogP contribution in [0.2, 0.25) is 0 Å².